The summed E-state index contributed by atoms with van der Waals surface area (Å²) in [5, 5.41) is 0. The summed E-state index contributed by atoms with van der Waals surface area (Å²) in [5.41, 5.74) is 2.91. The minimum Gasteiger partial charge on any atom is -0.489 e. The van der Waals surface area contributed by atoms with Gasteiger partial charge in [-0.2, -0.15) is 0 Å². The summed E-state index contributed by atoms with van der Waals surface area (Å²) in [5.74, 6) is 0.447. The van der Waals surface area contributed by atoms with Crippen LogP contribution in [0.15, 0.2) is 48.5 Å². The third-order valence-corrected chi connectivity index (χ3v) is 3.63. The van der Waals surface area contributed by atoms with Crippen molar-refractivity contribution in [1.82, 2.24) is 0 Å². The molecule has 2 rings (SSSR count). The molecule has 0 heterocycles. The van der Waals surface area contributed by atoms with E-state index in [0.29, 0.717) is 12.2 Å². The van der Waals surface area contributed by atoms with Gasteiger partial charge in [-0.15, -0.1) is 0 Å². The molecule has 0 aliphatic heterocycles. The van der Waals surface area contributed by atoms with Gasteiger partial charge in [0.2, 0.25) is 0 Å². The van der Waals surface area contributed by atoms with Gasteiger partial charge in [0, 0.05) is 0 Å². The second-order valence-corrected chi connectivity index (χ2v) is 5.36. The van der Waals surface area contributed by atoms with Crippen molar-refractivity contribution >= 4 is 5.97 Å². The van der Waals surface area contributed by atoms with Crippen LogP contribution in [0.25, 0.3) is 0 Å². The molecule has 0 aromatic heterocycles. The summed E-state index contributed by atoms with van der Waals surface area (Å²) in [7, 11) is 0. The Morgan fingerprint density at radius 3 is 2.41 bits per heavy atom. The van der Waals surface area contributed by atoms with Crippen LogP contribution in [0.5, 0.6) is 5.75 Å². The minimum absolute atomic E-state index is 0.0653. The van der Waals surface area contributed by atoms with Crippen molar-refractivity contribution in [1.29, 1.82) is 0 Å². The van der Waals surface area contributed by atoms with E-state index in [1.165, 1.54) is 5.56 Å². The third kappa shape index (κ3) is 4.35. The SMILES string of the molecule is CCC(C)OC(=O)c1ccc(OCc2ccccc2C)cc1. The van der Waals surface area contributed by atoms with Gasteiger partial charge in [0.15, 0.2) is 0 Å². The van der Waals surface area contributed by atoms with Crippen LogP contribution in [-0.4, -0.2) is 12.1 Å². The van der Waals surface area contributed by atoms with Crippen molar-refractivity contribution in [2.45, 2.75) is 39.9 Å². The maximum absolute atomic E-state index is 11.9. The second-order valence-electron chi connectivity index (χ2n) is 5.36. The van der Waals surface area contributed by atoms with Crippen LogP contribution < -0.4 is 4.74 Å². The van der Waals surface area contributed by atoms with E-state index in [2.05, 4.69) is 13.0 Å². The highest BCUT2D eigenvalue weighted by atomic mass is 16.5. The first-order valence-electron chi connectivity index (χ1n) is 7.58. The fraction of sp³-hybridized carbons (Fsp3) is 0.316. The van der Waals surface area contributed by atoms with Gasteiger partial charge >= 0.3 is 5.97 Å². The summed E-state index contributed by atoms with van der Waals surface area (Å²) in [6.45, 7) is 6.45. The van der Waals surface area contributed by atoms with Gasteiger partial charge in [0.05, 0.1) is 11.7 Å². The van der Waals surface area contributed by atoms with E-state index < -0.39 is 0 Å². The van der Waals surface area contributed by atoms with Crippen molar-refractivity contribution in [3.8, 4) is 5.75 Å². The second kappa shape index (κ2) is 7.64. The van der Waals surface area contributed by atoms with E-state index >= 15 is 0 Å². The predicted octanol–water partition coefficient (Wildman–Crippen LogP) is 4.53. The van der Waals surface area contributed by atoms with Crippen LogP contribution in [-0.2, 0) is 11.3 Å². The molecule has 0 spiro atoms. The molecule has 2 aromatic carbocycles. The zero-order chi connectivity index (χ0) is 15.9. The molecule has 22 heavy (non-hydrogen) atoms. The molecule has 0 N–H and O–H groups in total. The highest BCUT2D eigenvalue weighted by Gasteiger charge is 2.10. The molecule has 0 saturated heterocycles. The Morgan fingerprint density at radius 2 is 1.77 bits per heavy atom. The van der Waals surface area contributed by atoms with Gasteiger partial charge in [-0.3, -0.25) is 0 Å². The smallest absolute Gasteiger partial charge is 0.338 e. The molecule has 0 radical (unpaired) electrons. The van der Waals surface area contributed by atoms with E-state index in [4.69, 9.17) is 9.47 Å². The molecule has 0 fully saturated rings. The van der Waals surface area contributed by atoms with Crippen LogP contribution in [0, 0.1) is 6.92 Å². The molecule has 0 aliphatic rings. The van der Waals surface area contributed by atoms with E-state index in [1.54, 1.807) is 24.3 Å². The highest BCUT2D eigenvalue weighted by molar-refractivity contribution is 5.89. The fourth-order valence-corrected chi connectivity index (χ4v) is 1.95. The molecule has 0 bridgehead atoms. The van der Waals surface area contributed by atoms with Gasteiger partial charge in [0.1, 0.15) is 12.4 Å². The molecule has 3 heteroatoms. The molecular formula is C19H22O3. The maximum Gasteiger partial charge on any atom is 0.338 e. The lowest BCUT2D eigenvalue weighted by Gasteiger charge is -2.11. The molecule has 0 saturated carbocycles. The van der Waals surface area contributed by atoms with Gasteiger partial charge in [-0.1, -0.05) is 31.2 Å². The Morgan fingerprint density at radius 1 is 1.09 bits per heavy atom. The van der Waals surface area contributed by atoms with Crippen LogP contribution >= 0.6 is 0 Å². The quantitative estimate of drug-likeness (QED) is 0.735. The maximum atomic E-state index is 11.9. The Labute approximate surface area is 131 Å². The van der Waals surface area contributed by atoms with Gasteiger partial charge in [-0.25, -0.2) is 4.79 Å². The van der Waals surface area contributed by atoms with E-state index in [1.807, 2.05) is 32.0 Å². The monoisotopic (exact) mass is 298 g/mol. The number of esters is 1. The summed E-state index contributed by atoms with van der Waals surface area (Å²) in [6, 6.07) is 15.2. The molecule has 1 unspecified atom stereocenters. The number of benzene rings is 2. The number of carbonyl (C=O) groups excluding carboxylic acids is 1. The average molecular weight is 298 g/mol. The van der Waals surface area contributed by atoms with E-state index in [0.717, 1.165) is 17.7 Å². The van der Waals surface area contributed by atoms with Crippen LogP contribution in [0.3, 0.4) is 0 Å². The summed E-state index contributed by atoms with van der Waals surface area (Å²) in [4.78, 5) is 11.9. The molecule has 1 atom stereocenters. The first-order valence-corrected chi connectivity index (χ1v) is 7.58. The van der Waals surface area contributed by atoms with Crippen LogP contribution in [0.4, 0.5) is 0 Å². The molecule has 2 aromatic rings. The van der Waals surface area contributed by atoms with Gasteiger partial charge in [-0.05, 0) is 55.7 Å². The van der Waals surface area contributed by atoms with Crippen LogP contribution in [0.2, 0.25) is 0 Å². The number of carbonyl (C=O) groups is 1. The molecule has 116 valence electrons. The number of aryl methyl sites for hydroxylation is 1. The normalized spacial score (nSPS) is 11.8. The Kier molecular flexibility index (Phi) is 5.59. The minimum atomic E-state index is -0.292. The third-order valence-electron chi connectivity index (χ3n) is 3.63. The largest absolute Gasteiger partial charge is 0.489 e. The zero-order valence-corrected chi connectivity index (χ0v) is 13.3. The van der Waals surface area contributed by atoms with Crippen molar-refractivity contribution in [2.75, 3.05) is 0 Å². The lowest BCUT2D eigenvalue weighted by Crippen LogP contribution is -2.13. The lowest BCUT2D eigenvalue weighted by atomic mass is 10.1. The fourth-order valence-electron chi connectivity index (χ4n) is 1.95. The standard InChI is InChI=1S/C19H22O3/c1-4-15(3)22-19(20)16-9-11-18(12-10-16)21-13-17-8-6-5-7-14(17)2/h5-12,15H,4,13H2,1-3H3. The number of hydrogen-bond acceptors (Lipinski definition) is 3. The highest BCUT2D eigenvalue weighted by Crippen LogP contribution is 2.16. The first kappa shape index (κ1) is 16.1. The number of ether oxygens (including phenoxy) is 2. The average Bonchev–Trinajstić information content (AvgIpc) is 2.54. The summed E-state index contributed by atoms with van der Waals surface area (Å²) >= 11 is 0. The van der Waals surface area contributed by atoms with Crippen molar-refractivity contribution in [3.05, 3.63) is 65.2 Å². The van der Waals surface area contributed by atoms with E-state index in [-0.39, 0.29) is 12.1 Å². The van der Waals surface area contributed by atoms with Gasteiger partial charge < -0.3 is 9.47 Å². The van der Waals surface area contributed by atoms with Crippen molar-refractivity contribution in [2.24, 2.45) is 0 Å². The molecular weight excluding hydrogens is 276 g/mol. The Hall–Kier alpha value is -2.29. The van der Waals surface area contributed by atoms with Crippen molar-refractivity contribution < 1.29 is 14.3 Å². The number of rotatable bonds is 6. The Balaban J connectivity index is 1.95. The van der Waals surface area contributed by atoms with Gasteiger partial charge in [0.25, 0.3) is 0 Å². The van der Waals surface area contributed by atoms with Crippen molar-refractivity contribution in [3.63, 3.8) is 0 Å². The topological polar surface area (TPSA) is 35.5 Å². The zero-order valence-electron chi connectivity index (χ0n) is 13.3. The van der Waals surface area contributed by atoms with Crippen LogP contribution in [0.1, 0.15) is 41.8 Å². The molecule has 3 nitrogen and oxygen atoms in total. The summed E-state index contributed by atoms with van der Waals surface area (Å²) in [6.07, 6.45) is 0.744. The lowest BCUT2D eigenvalue weighted by molar-refractivity contribution is 0.0334. The Bertz CT molecular complexity index is 617. The van der Waals surface area contributed by atoms with E-state index in [9.17, 15) is 4.79 Å². The first-order chi connectivity index (χ1) is 10.6. The molecule has 0 amide bonds. The predicted molar refractivity (Wildman–Crippen MR) is 87.1 cm³/mol. The summed E-state index contributed by atoms with van der Waals surface area (Å²) < 4.78 is 11.0. The molecule has 0 aliphatic carbocycles. The number of hydrogen-bond donors (Lipinski definition) is 0.